The fourth-order valence-electron chi connectivity index (χ4n) is 1.09. The average Bonchev–Trinajstić information content (AvgIpc) is 2.44. The van der Waals surface area contributed by atoms with Crippen LogP contribution in [-0.4, -0.2) is 21.2 Å². The molecule has 0 amide bonds. The summed E-state index contributed by atoms with van der Waals surface area (Å²) in [5.74, 6) is -4.95. The molecule has 0 radical (unpaired) electrons. The van der Waals surface area contributed by atoms with Crippen molar-refractivity contribution >= 4 is 0 Å². The SMILES string of the molecule is CCn1nnc(C(F)(F)C(F)(F)F)c1C. The van der Waals surface area contributed by atoms with Gasteiger partial charge in [0, 0.05) is 6.54 Å². The van der Waals surface area contributed by atoms with Crippen LogP contribution in [0.1, 0.15) is 18.3 Å². The third-order valence-electron chi connectivity index (χ3n) is 1.94. The highest BCUT2D eigenvalue weighted by Gasteiger charge is 2.61. The highest BCUT2D eigenvalue weighted by Crippen LogP contribution is 2.43. The number of halogens is 5. The molecule has 1 aromatic rings. The average molecular weight is 229 g/mol. The van der Waals surface area contributed by atoms with Crippen LogP contribution >= 0.6 is 0 Å². The van der Waals surface area contributed by atoms with Crippen molar-refractivity contribution in [3.05, 3.63) is 11.4 Å². The monoisotopic (exact) mass is 229 g/mol. The Balaban J connectivity index is 3.22. The van der Waals surface area contributed by atoms with Crippen LogP contribution < -0.4 is 0 Å². The predicted molar refractivity (Wildman–Crippen MR) is 40.4 cm³/mol. The van der Waals surface area contributed by atoms with Crippen molar-refractivity contribution in [2.75, 3.05) is 0 Å². The molecule has 0 saturated carbocycles. The first-order chi connectivity index (χ1) is 6.71. The van der Waals surface area contributed by atoms with Crippen LogP contribution in [0.15, 0.2) is 0 Å². The molecule has 0 aliphatic heterocycles. The normalized spacial score (nSPS) is 13.3. The van der Waals surface area contributed by atoms with E-state index in [1.165, 1.54) is 0 Å². The molecule has 0 N–H and O–H groups in total. The van der Waals surface area contributed by atoms with Gasteiger partial charge in [0.15, 0.2) is 5.69 Å². The van der Waals surface area contributed by atoms with Gasteiger partial charge in [0.25, 0.3) is 0 Å². The second kappa shape index (κ2) is 3.42. The first-order valence-electron chi connectivity index (χ1n) is 4.07. The van der Waals surface area contributed by atoms with E-state index in [1.807, 2.05) is 0 Å². The lowest BCUT2D eigenvalue weighted by atomic mass is 10.2. The van der Waals surface area contributed by atoms with E-state index >= 15 is 0 Å². The Morgan fingerprint density at radius 2 is 1.73 bits per heavy atom. The molecule has 0 fully saturated rings. The Kier molecular flexibility index (Phi) is 2.71. The third-order valence-corrected chi connectivity index (χ3v) is 1.94. The van der Waals surface area contributed by atoms with Crippen LogP contribution in [0.25, 0.3) is 0 Å². The van der Waals surface area contributed by atoms with Crippen molar-refractivity contribution in [2.45, 2.75) is 32.5 Å². The quantitative estimate of drug-likeness (QED) is 0.728. The van der Waals surface area contributed by atoms with Crippen molar-refractivity contribution in [3.8, 4) is 0 Å². The summed E-state index contributed by atoms with van der Waals surface area (Å²) in [6.45, 7) is 2.88. The summed E-state index contributed by atoms with van der Waals surface area (Å²) >= 11 is 0. The summed E-state index contributed by atoms with van der Waals surface area (Å²) in [5, 5.41) is 6.07. The van der Waals surface area contributed by atoms with E-state index in [-0.39, 0.29) is 12.2 Å². The topological polar surface area (TPSA) is 30.7 Å². The molecule has 0 spiro atoms. The smallest absolute Gasteiger partial charge is 0.249 e. The molecule has 8 heteroatoms. The second-order valence-electron chi connectivity index (χ2n) is 2.91. The zero-order valence-electron chi connectivity index (χ0n) is 7.94. The van der Waals surface area contributed by atoms with Gasteiger partial charge in [-0.25, -0.2) is 4.68 Å². The van der Waals surface area contributed by atoms with Gasteiger partial charge in [-0.05, 0) is 13.8 Å². The maximum atomic E-state index is 12.8. The van der Waals surface area contributed by atoms with Crippen LogP contribution in [-0.2, 0) is 12.5 Å². The maximum Gasteiger partial charge on any atom is 0.459 e. The Morgan fingerprint density at radius 3 is 2.07 bits per heavy atom. The lowest BCUT2D eigenvalue weighted by Crippen LogP contribution is -2.34. The summed E-state index contributed by atoms with van der Waals surface area (Å²) in [5.41, 5.74) is -1.61. The standard InChI is InChI=1S/C7H8F5N3/c1-3-15-4(2)5(13-14-15)6(8,9)7(10,11)12/h3H2,1-2H3. The highest BCUT2D eigenvalue weighted by molar-refractivity contribution is 5.16. The van der Waals surface area contributed by atoms with Crippen molar-refractivity contribution in [1.82, 2.24) is 15.0 Å². The van der Waals surface area contributed by atoms with E-state index in [1.54, 1.807) is 6.92 Å². The van der Waals surface area contributed by atoms with Crippen molar-refractivity contribution < 1.29 is 22.0 Å². The molecule has 15 heavy (non-hydrogen) atoms. The number of aromatic nitrogens is 3. The Bertz CT molecular complexity index is 354. The van der Waals surface area contributed by atoms with E-state index in [9.17, 15) is 22.0 Å². The first-order valence-corrected chi connectivity index (χ1v) is 4.07. The van der Waals surface area contributed by atoms with Crippen LogP contribution in [0.4, 0.5) is 22.0 Å². The minimum atomic E-state index is -5.65. The summed E-state index contributed by atoms with van der Waals surface area (Å²) < 4.78 is 62.6. The van der Waals surface area contributed by atoms with E-state index in [0.717, 1.165) is 11.6 Å². The molecule has 0 aromatic carbocycles. The van der Waals surface area contributed by atoms with Gasteiger partial charge in [0.2, 0.25) is 0 Å². The molecule has 0 aliphatic carbocycles. The molecule has 1 aromatic heterocycles. The number of hydrogen-bond donors (Lipinski definition) is 0. The predicted octanol–water partition coefficient (Wildman–Crippen LogP) is 2.26. The fraction of sp³-hybridized carbons (Fsp3) is 0.714. The number of rotatable bonds is 2. The van der Waals surface area contributed by atoms with Gasteiger partial charge in [-0.2, -0.15) is 22.0 Å². The van der Waals surface area contributed by atoms with Crippen molar-refractivity contribution in [1.29, 1.82) is 0 Å². The number of alkyl halides is 5. The molecule has 0 bridgehead atoms. The third kappa shape index (κ3) is 1.80. The van der Waals surface area contributed by atoms with E-state index in [4.69, 9.17) is 0 Å². The van der Waals surface area contributed by atoms with Crippen LogP contribution in [0.2, 0.25) is 0 Å². The lowest BCUT2D eigenvalue weighted by molar-refractivity contribution is -0.291. The minimum Gasteiger partial charge on any atom is -0.249 e. The summed E-state index contributed by atoms with van der Waals surface area (Å²) in [6.07, 6.45) is -5.65. The molecule has 0 saturated heterocycles. The number of aryl methyl sites for hydroxylation is 1. The van der Waals surface area contributed by atoms with Crippen molar-refractivity contribution in [2.24, 2.45) is 0 Å². The van der Waals surface area contributed by atoms with Gasteiger partial charge < -0.3 is 0 Å². The molecule has 1 rings (SSSR count). The maximum absolute atomic E-state index is 12.8. The summed E-state index contributed by atoms with van der Waals surface area (Å²) in [4.78, 5) is 0. The highest BCUT2D eigenvalue weighted by atomic mass is 19.4. The number of nitrogens with zero attached hydrogens (tertiary/aromatic N) is 3. The van der Waals surface area contributed by atoms with Crippen LogP contribution in [0.5, 0.6) is 0 Å². The lowest BCUT2D eigenvalue weighted by Gasteiger charge is -2.17. The Hall–Kier alpha value is -1.21. The molecule has 86 valence electrons. The van der Waals surface area contributed by atoms with E-state index in [0.29, 0.717) is 0 Å². The van der Waals surface area contributed by atoms with Crippen LogP contribution in [0.3, 0.4) is 0 Å². The second-order valence-corrected chi connectivity index (χ2v) is 2.91. The molecule has 1 heterocycles. The molecule has 0 atom stereocenters. The summed E-state index contributed by atoms with van der Waals surface area (Å²) in [7, 11) is 0. The molecule has 3 nitrogen and oxygen atoms in total. The zero-order chi connectivity index (χ0) is 11.9. The van der Waals surface area contributed by atoms with E-state index in [2.05, 4.69) is 10.3 Å². The van der Waals surface area contributed by atoms with Gasteiger partial charge in [0.05, 0.1) is 5.69 Å². The Labute approximate surface area is 81.9 Å². The number of hydrogen-bond acceptors (Lipinski definition) is 2. The molecular weight excluding hydrogens is 221 g/mol. The molecule has 0 aliphatic rings. The molecular formula is C7H8F5N3. The van der Waals surface area contributed by atoms with Gasteiger partial charge in [0.1, 0.15) is 0 Å². The first kappa shape index (κ1) is 11.9. The van der Waals surface area contributed by atoms with E-state index < -0.39 is 17.8 Å². The van der Waals surface area contributed by atoms with Crippen molar-refractivity contribution in [3.63, 3.8) is 0 Å². The van der Waals surface area contributed by atoms with Gasteiger partial charge in [-0.3, -0.25) is 0 Å². The fourth-order valence-corrected chi connectivity index (χ4v) is 1.09. The Morgan fingerprint density at radius 1 is 1.20 bits per heavy atom. The van der Waals surface area contributed by atoms with Gasteiger partial charge in [-0.15, -0.1) is 5.10 Å². The minimum absolute atomic E-state index is 0.187. The van der Waals surface area contributed by atoms with Crippen LogP contribution in [0, 0.1) is 6.92 Å². The summed E-state index contributed by atoms with van der Waals surface area (Å²) in [6, 6.07) is 0. The van der Waals surface area contributed by atoms with Gasteiger partial charge >= 0.3 is 12.1 Å². The largest absolute Gasteiger partial charge is 0.459 e. The molecule has 0 unspecified atom stereocenters. The zero-order valence-corrected chi connectivity index (χ0v) is 7.94. The van der Waals surface area contributed by atoms with Gasteiger partial charge in [-0.1, -0.05) is 5.21 Å².